The summed E-state index contributed by atoms with van der Waals surface area (Å²) >= 11 is 6.29. The monoisotopic (exact) mass is 448 g/mol. The maximum atomic E-state index is 12.9. The average Bonchev–Trinajstić information content (AvgIpc) is 3.24. The molecule has 2 aromatic heterocycles. The minimum atomic E-state index is -0.332. The van der Waals surface area contributed by atoms with Gasteiger partial charge in [-0.05, 0) is 36.6 Å². The van der Waals surface area contributed by atoms with Gasteiger partial charge in [-0.2, -0.15) is 0 Å². The van der Waals surface area contributed by atoms with Crippen LogP contribution in [0.4, 0.5) is 0 Å². The summed E-state index contributed by atoms with van der Waals surface area (Å²) in [4.78, 5) is 35.0. The lowest BCUT2D eigenvalue weighted by atomic mass is 9.96. The molecule has 1 unspecified atom stereocenters. The summed E-state index contributed by atoms with van der Waals surface area (Å²) in [5.74, 6) is 0.470. The zero-order chi connectivity index (χ0) is 22.1. The van der Waals surface area contributed by atoms with E-state index in [9.17, 15) is 9.59 Å². The van der Waals surface area contributed by atoms with Crippen molar-refractivity contribution in [2.45, 2.75) is 25.3 Å². The number of nitrogens with zero attached hydrogens (tertiary/aromatic N) is 5. The summed E-state index contributed by atoms with van der Waals surface area (Å²) in [5, 5.41) is 8.75. The molecule has 32 heavy (non-hydrogen) atoms. The van der Waals surface area contributed by atoms with Crippen LogP contribution < -0.4 is 5.56 Å². The minimum absolute atomic E-state index is 0.0100. The first kappa shape index (κ1) is 20.4. The lowest BCUT2D eigenvalue weighted by Crippen LogP contribution is -2.39. The molecule has 0 saturated carbocycles. The van der Waals surface area contributed by atoms with Gasteiger partial charge in [0.05, 0.1) is 6.54 Å². The van der Waals surface area contributed by atoms with Crippen molar-refractivity contribution in [3.8, 4) is 0 Å². The van der Waals surface area contributed by atoms with Crippen molar-refractivity contribution < 1.29 is 4.79 Å². The molecule has 3 heterocycles. The Morgan fingerprint density at radius 1 is 1.12 bits per heavy atom. The second-order valence-corrected chi connectivity index (χ2v) is 8.33. The highest BCUT2D eigenvalue weighted by Crippen LogP contribution is 2.26. The lowest BCUT2D eigenvalue weighted by molar-refractivity contribution is 0.0704. The molecule has 2 aromatic carbocycles. The van der Waals surface area contributed by atoms with E-state index in [2.05, 4.69) is 15.3 Å². The van der Waals surface area contributed by atoms with E-state index in [1.54, 1.807) is 4.68 Å². The van der Waals surface area contributed by atoms with Crippen molar-refractivity contribution in [1.29, 1.82) is 0 Å². The number of rotatable bonds is 4. The normalized spacial score (nSPS) is 16.4. The molecule has 0 aliphatic carbocycles. The Kier molecular flexibility index (Phi) is 5.45. The highest BCUT2D eigenvalue weighted by molar-refractivity contribution is 6.31. The van der Waals surface area contributed by atoms with E-state index >= 15 is 0 Å². The fourth-order valence-electron chi connectivity index (χ4n) is 4.12. The smallest absolute Gasteiger partial charge is 0.281 e. The Balaban J connectivity index is 1.44. The van der Waals surface area contributed by atoms with E-state index in [1.807, 2.05) is 59.5 Å². The lowest BCUT2D eigenvalue weighted by Gasteiger charge is -2.32. The zero-order valence-corrected chi connectivity index (χ0v) is 18.0. The second-order valence-electron chi connectivity index (χ2n) is 7.92. The van der Waals surface area contributed by atoms with Crippen LogP contribution in [0.1, 0.15) is 40.5 Å². The first-order valence-electron chi connectivity index (χ1n) is 10.5. The molecule has 9 heteroatoms. The topological polar surface area (TPSA) is 96.8 Å². The molecule has 1 aliphatic rings. The van der Waals surface area contributed by atoms with E-state index in [4.69, 9.17) is 16.6 Å². The summed E-state index contributed by atoms with van der Waals surface area (Å²) in [6.45, 7) is 1.53. The molecule has 162 valence electrons. The van der Waals surface area contributed by atoms with Crippen LogP contribution in [-0.2, 0) is 6.54 Å². The van der Waals surface area contributed by atoms with Crippen LogP contribution in [0.2, 0.25) is 5.02 Å². The van der Waals surface area contributed by atoms with Crippen molar-refractivity contribution in [2.24, 2.45) is 0 Å². The quantitative estimate of drug-likeness (QED) is 0.517. The first-order chi connectivity index (χ1) is 15.6. The molecule has 4 aromatic rings. The number of likely N-dealkylation sites (tertiary alicyclic amines) is 1. The van der Waals surface area contributed by atoms with Crippen molar-refractivity contribution in [3.63, 3.8) is 0 Å². The van der Waals surface area contributed by atoms with Crippen molar-refractivity contribution in [2.75, 3.05) is 13.1 Å². The molecule has 0 spiro atoms. The van der Waals surface area contributed by atoms with Gasteiger partial charge in [0.1, 0.15) is 5.82 Å². The standard InChI is InChI=1S/C23H21ClN6O2/c24-18-11-5-4-9-16(18)14-30-21-19(27-28-30)22(31)26-20(25-21)17-10-6-12-29(13-17)23(32)15-7-2-1-3-8-15/h1-5,7-9,11,17H,6,10,12-14H2,(H,25,26,31). The van der Waals surface area contributed by atoms with Gasteiger partial charge in [0, 0.05) is 29.6 Å². The molecule has 1 aliphatic heterocycles. The van der Waals surface area contributed by atoms with Crippen LogP contribution in [0, 0.1) is 0 Å². The molecule has 1 N–H and O–H groups in total. The number of aromatic amines is 1. The Morgan fingerprint density at radius 2 is 1.91 bits per heavy atom. The molecule has 5 rings (SSSR count). The van der Waals surface area contributed by atoms with Gasteiger partial charge < -0.3 is 9.88 Å². The van der Waals surface area contributed by atoms with E-state index in [0.717, 1.165) is 18.4 Å². The number of halogens is 1. The van der Waals surface area contributed by atoms with E-state index in [1.165, 1.54) is 0 Å². The van der Waals surface area contributed by atoms with Gasteiger partial charge in [-0.25, -0.2) is 9.67 Å². The fraction of sp³-hybridized carbons (Fsp3) is 0.261. The van der Waals surface area contributed by atoms with E-state index in [-0.39, 0.29) is 22.9 Å². The molecular weight excluding hydrogens is 428 g/mol. The van der Waals surface area contributed by atoms with Crippen molar-refractivity contribution in [1.82, 2.24) is 29.9 Å². The van der Waals surface area contributed by atoms with Crippen LogP contribution in [0.5, 0.6) is 0 Å². The maximum Gasteiger partial charge on any atom is 0.281 e. The Bertz CT molecular complexity index is 1330. The Hall–Kier alpha value is -3.52. The molecule has 1 amide bonds. The van der Waals surface area contributed by atoms with Crippen molar-refractivity contribution >= 4 is 28.7 Å². The summed E-state index contributed by atoms with van der Waals surface area (Å²) in [5.41, 5.74) is 1.79. The minimum Gasteiger partial charge on any atom is -0.338 e. The first-order valence-corrected chi connectivity index (χ1v) is 10.9. The number of H-pyrrole nitrogens is 1. The zero-order valence-electron chi connectivity index (χ0n) is 17.2. The number of amides is 1. The molecule has 1 atom stereocenters. The van der Waals surface area contributed by atoms with Gasteiger partial charge in [-0.15, -0.1) is 5.10 Å². The molecule has 0 radical (unpaired) electrons. The SMILES string of the molecule is O=C(c1ccccc1)N1CCCC(c2nc3c(nnn3Cc3ccccc3Cl)c(=O)[nH]2)C1. The Labute approximate surface area is 188 Å². The number of hydrogen-bond acceptors (Lipinski definition) is 5. The van der Waals surface area contributed by atoms with Gasteiger partial charge in [0.15, 0.2) is 11.2 Å². The predicted molar refractivity (Wildman–Crippen MR) is 121 cm³/mol. The molecule has 1 saturated heterocycles. The molecule has 1 fully saturated rings. The van der Waals surface area contributed by atoms with Gasteiger partial charge in [-0.1, -0.05) is 53.2 Å². The highest BCUT2D eigenvalue weighted by Gasteiger charge is 2.28. The Morgan fingerprint density at radius 3 is 2.72 bits per heavy atom. The number of carbonyl (C=O) groups is 1. The second kappa shape index (κ2) is 8.55. The number of piperidine rings is 1. The van der Waals surface area contributed by atoms with Gasteiger partial charge in [-0.3, -0.25) is 9.59 Å². The third-order valence-electron chi connectivity index (χ3n) is 5.79. The van der Waals surface area contributed by atoms with Gasteiger partial charge in [0.2, 0.25) is 0 Å². The predicted octanol–water partition coefficient (Wildman–Crippen LogP) is 3.24. The average molecular weight is 449 g/mol. The third kappa shape index (κ3) is 3.89. The van der Waals surface area contributed by atoms with Gasteiger partial charge in [0.25, 0.3) is 11.5 Å². The molecular formula is C23H21ClN6O2. The number of carbonyl (C=O) groups excluding carboxylic acids is 1. The molecule has 8 nitrogen and oxygen atoms in total. The van der Waals surface area contributed by atoms with Crippen LogP contribution in [0.3, 0.4) is 0 Å². The van der Waals surface area contributed by atoms with Crippen LogP contribution >= 0.6 is 11.6 Å². The third-order valence-corrected chi connectivity index (χ3v) is 6.15. The molecule has 0 bridgehead atoms. The largest absolute Gasteiger partial charge is 0.338 e. The van der Waals surface area contributed by atoms with Crippen LogP contribution in [0.15, 0.2) is 59.4 Å². The summed E-state index contributed by atoms with van der Waals surface area (Å²) in [6.07, 6.45) is 1.67. The summed E-state index contributed by atoms with van der Waals surface area (Å²) in [7, 11) is 0. The number of benzene rings is 2. The van der Waals surface area contributed by atoms with Crippen molar-refractivity contribution in [3.05, 3.63) is 86.9 Å². The number of aromatic nitrogens is 5. The maximum absolute atomic E-state index is 12.9. The van der Waals surface area contributed by atoms with E-state index in [0.29, 0.717) is 41.7 Å². The highest BCUT2D eigenvalue weighted by atomic mass is 35.5. The summed E-state index contributed by atoms with van der Waals surface area (Å²) in [6, 6.07) is 16.7. The number of fused-ring (bicyclic) bond motifs is 1. The summed E-state index contributed by atoms with van der Waals surface area (Å²) < 4.78 is 1.59. The number of nitrogens with one attached hydrogen (secondary N) is 1. The van der Waals surface area contributed by atoms with Gasteiger partial charge >= 0.3 is 0 Å². The van der Waals surface area contributed by atoms with Crippen LogP contribution in [0.25, 0.3) is 11.2 Å². The van der Waals surface area contributed by atoms with E-state index < -0.39 is 0 Å². The fourth-order valence-corrected chi connectivity index (χ4v) is 4.31. The number of hydrogen-bond donors (Lipinski definition) is 1. The van der Waals surface area contributed by atoms with Crippen LogP contribution in [-0.4, -0.2) is 48.9 Å².